The van der Waals surface area contributed by atoms with E-state index in [2.05, 4.69) is 45.2 Å². The number of nitrogens with zero attached hydrogens (tertiary/aromatic N) is 2. The lowest BCUT2D eigenvalue weighted by atomic mass is 10.1. The largest absolute Gasteiger partial charge is 0.390 e. The molecule has 1 aromatic heterocycles. The lowest BCUT2D eigenvalue weighted by Crippen LogP contribution is -2.42. The zero-order valence-electron chi connectivity index (χ0n) is 19.1. The van der Waals surface area contributed by atoms with Crippen LogP contribution in [-0.4, -0.2) is 71.2 Å². The van der Waals surface area contributed by atoms with Crippen LogP contribution in [0.4, 0.5) is 5.82 Å². The van der Waals surface area contributed by atoms with Gasteiger partial charge in [-0.2, -0.15) is 0 Å². The number of anilines is 1. The molecule has 8 heteroatoms. The number of aromatic nitrogens is 1. The van der Waals surface area contributed by atoms with Crippen molar-refractivity contribution >= 4 is 17.6 Å². The molecule has 2 amide bonds. The van der Waals surface area contributed by atoms with Crippen LogP contribution in [0.2, 0.25) is 0 Å². The second-order valence-corrected chi connectivity index (χ2v) is 8.98. The van der Waals surface area contributed by atoms with Gasteiger partial charge in [0, 0.05) is 45.2 Å². The van der Waals surface area contributed by atoms with Crippen LogP contribution in [-0.2, 0) is 17.6 Å². The Hall–Kier alpha value is -2.97. The number of amides is 2. The van der Waals surface area contributed by atoms with E-state index in [1.807, 2.05) is 11.0 Å². The van der Waals surface area contributed by atoms with Gasteiger partial charge in [0.1, 0.15) is 11.5 Å². The monoisotopic (exact) mass is 451 g/mol. The van der Waals surface area contributed by atoms with Crippen molar-refractivity contribution in [2.45, 2.75) is 50.8 Å². The highest BCUT2D eigenvalue weighted by Crippen LogP contribution is 2.21. The van der Waals surface area contributed by atoms with E-state index in [4.69, 9.17) is 0 Å². The zero-order chi connectivity index (χ0) is 23.2. The van der Waals surface area contributed by atoms with Crippen molar-refractivity contribution in [3.8, 4) is 0 Å². The van der Waals surface area contributed by atoms with Gasteiger partial charge >= 0.3 is 0 Å². The zero-order valence-corrected chi connectivity index (χ0v) is 19.1. The van der Waals surface area contributed by atoms with Gasteiger partial charge in [-0.25, -0.2) is 4.98 Å². The van der Waals surface area contributed by atoms with Crippen molar-refractivity contribution in [1.29, 1.82) is 0 Å². The maximum atomic E-state index is 12.5. The first-order valence-corrected chi connectivity index (χ1v) is 11.7. The van der Waals surface area contributed by atoms with Gasteiger partial charge in [0.2, 0.25) is 5.91 Å². The first kappa shape index (κ1) is 23.2. The number of rotatable bonds is 8. The van der Waals surface area contributed by atoms with E-state index in [1.54, 1.807) is 19.1 Å². The number of carbonyl (C=O) groups excluding carboxylic acids is 2. The van der Waals surface area contributed by atoms with E-state index in [1.165, 1.54) is 11.1 Å². The first-order valence-electron chi connectivity index (χ1n) is 11.7. The Kier molecular flexibility index (Phi) is 7.57. The van der Waals surface area contributed by atoms with E-state index in [0.717, 1.165) is 38.8 Å². The van der Waals surface area contributed by atoms with Crippen molar-refractivity contribution in [3.05, 3.63) is 59.3 Å². The molecule has 2 heterocycles. The molecule has 1 aliphatic carbocycles. The average molecular weight is 452 g/mol. The molecule has 1 fully saturated rings. The third-order valence-corrected chi connectivity index (χ3v) is 6.47. The summed E-state index contributed by atoms with van der Waals surface area (Å²) in [5, 5.41) is 19.9. The van der Waals surface area contributed by atoms with Gasteiger partial charge in [0.05, 0.1) is 6.10 Å². The Morgan fingerprint density at radius 1 is 1.03 bits per heavy atom. The number of benzene rings is 1. The number of carbonyl (C=O) groups is 2. The molecule has 0 bridgehead atoms. The maximum absolute atomic E-state index is 12.5. The molecule has 1 aromatic carbocycles. The number of hydrogen-bond acceptors (Lipinski definition) is 6. The number of nitrogens with one attached hydrogen (secondary N) is 3. The van der Waals surface area contributed by atoms with Crippen LogP contribution in [0.5, 0.6) is 0 Å². The Morgan fingerprint density at radius 3 is 2.39 bits per heavy atom. The summed E-state index contributed by atoms with van der Waals surface area (Å²) in [7, 11) is 0. The van der Waals surface area contributed by atoms with Crippen LogP contribution in [0.15, 0.2) is 42.5 Å². The number of piperidine rings is 1. The summed E-state index contributed by atoms with van der Waals surface area (Å²) in [4.78, 5) is 30.3. The van der Waals surface area contributed by atoms with Crippen molar-refractivity contribution in [1.82, 2.24) is 20.5 Å². The molecule has 33 heavy (non-hydrogen) atoms. The summed E-state index contributed by atoms with van der Waals surface area (Å²) in [6.07, 6.45) is 2.95. The summed E-state index contributed by atoms with van der Waals surface area (Å²) in [6, 6.07) is 14.3. The molecule has 8 nitrogen and oxygen atoms in total. The molecule has 4 N–H and O–H groups in total. The maximum Gasteiger partial charge on any atom is 0.270 e. The normalized spacial score (nSPS) is 17.5. The van der Waals surface area contributed by atoms with Crippen LogP contribution in [0.3, 0.4) is 0 Å². The summed E-state index contributed by atoms with van der Waals surface area (Å²) in [6.45, 7) is 3.64. The van der Waals surface area contributed by atoms with Crippen LogP contribution < -0.4 is 16.0 Å². The molecular weight excluding hydrogens is 418 g/mol. The third-order valence-electron chi connectivity index (χ3n) is 6.47. The molecular formula is C25H33N5O3. The molecule has 176 valence electrons. The number of likely N-dealkylation sites (tertiary alicyclic amines) is 1. The summed E-state index contributed by atoms with van der Waals surface area (Å²) in [5.41, 5.74) is 3.04. The van der Waals surface area contributed by atoms with E-state index < -0.39 is 6.10 Å². The number of pyridine rings is 1. The van der Waals surface area contributed by atoms with Crippen molar-refractivity contribution in [3.63, 3.8) is 0 Å². The standard InChI is InChI=1S/C25H33N5O3/c1-17(31)30-11-9-20(10-12-30)28-24-8-4-7-23(29-24)25(33)27-16-22(32)15-26-21-13-18-5-2-3-6-19(18)14-21/h2-8,20-22,26,32H,9-16H2,1H3,(H,27,33)(H,28,29). The second-order valence-electron chi connectivity index (χ2n) is 8.98. The fourth-order valence-corrected chi connectivity index (χ4v) is 4.57. The van der Waals surface area contributed by atoms with E-state index in [0.29, 0.717) is 24.1 Å². The summed E-state index contributed by atoms with van der Waals surface area (Å²) in [5.74, 6) is 0.445. The predicted molar refractivity (Wildman–Crippen MR) is 127 cm³/mol. The fraction of sp³-hybridized carbons (Fsp3) is 0.480. The molecule has 1 unspecified atom stereocenters. The molecule has 0 radical (unpaired) electrons. The first-order chi connectivity index (χ1) is 16.0. The van der Waals surface area contributed by atoms with Crippen molar-refractivity contribution in [2.24, 2.45) is 0 Å². The molecule has 0 spiro atoms. The van der Waals surface area contributed by atoms with Crippen molar-refractivity contribution in [2.75, 3.05) is 31.5 Å². The van der Waals surface area contributed by atoms with E-state index >= 15 is 0 Å². The molecule has 1 atom stereocenters. The number of aliphatic hydroxyl groups excluding tert-OH is 1. The third kappa shape index (κ3) is 6.30. The van der Waals surface area contributed by atoms with Crippen LogP contribution in [0, 0.1) is 0 Å². The van der Waals surface area contributed by atoms with Gasteiger partial charge in [0.25, 0.3) is 5.91 Å². The number of aliphatic hydroxyl groups is 1. The molecule has 1 aliphatic heterocycles. The lowest BCUT2D eigenvalue weighted by molar-refractivity contribution is -0.129. The summed E-state index contributed by atoms with van der Waals surface area (Å²) >= 11 is 0. The Morgan fingerprint density at radius 2 is 1.73 bits per heavy atom. The van der Waals surface area contributed by atoms with Crippen LogP contribution in [0.25, 0.3) is 0 Å². The number of fused-ring (bicyclic) bond motifs is 1. The van der Waals surface area contributed by atoms with Gasteiger partial charge < -0.3 is 26.0 Å². The highest BCUT2D eigenvalue weighted by molar-refractivity contribution is 5.92. The van der Waals surface area contributed by atoms with Gasteiger partial charge in [0.15, 0.2) is 0 Å². The summed E-state index contributed by atoms with van der Waals surface area (Å²) < 4.78 is 0. The van der Waals surface area contributed by atoms with E-state index in [-0.39, 0.29) is 24.4 Å². The topological polar surface area (TPSA) is 107 Å². The predicted octanol–water partition coefficient (Wildman–Crippen LogP) is 1.35. The molecule has 4 rings (SSSR count). The minimum absolute atomic E-state index is 0.107. The molecule has 2 aromatic rings. The average Bonchev–Trinajstić information content (AvgIpc) is 3.25. The number of hydrogen-bond donors (Lipinski definition) is 4. The van der Waals surface area contributed by atoms with Crippen LogP contribution in [0.1, 0.15) is 41.4 Å². The minimum atomic E-state index is -0.676. The van der Waals surface area contributed by atoms with Gasteiger partial charge in [-0.05, 0) is 48.9 Å². The Bertz CT molecular complexity index is 949. The molecule has 0 saturated carbocycles. The minimum Gasteiger partial charge on any atom is -0.390 e. The smallest absolute Gasteiger partial charge is 0.270 e. The van der Waals surface area contributed by atoms with E-state index in [9.17, 15) is 14.7 Å². The van der Waals surface area contributed by atoms with Crippen LogP contribution >= 0.6 is 0 Å². The molecule has 2 aliphatic rings. The van der Waals surface area contributed by atoms with Gasteiger partial charge in [-0.1, -0.05) is 30.3 Å². The highest BCUT2D eigenvalue weighted by atomic mass is 16.3. The lowest BCUT2D eigenvalue weighted by Gasteiger charge is -2.32. The second kappa shape index (κ2) is 10.8. The quantitative estimate of drug-likeness (QED) is 0.483. The van der Waals surface area contributed by atoms with Gasteiger partial charge in [-0.3, -0.25) is 9.59 Å². The highest BCUT2D eigenvalue weighted by Gasteiger charge is 2.22. The molecule has 1 saturated heterocycles. The Balaban J connectivity index is 1.19. The van der Waals surface area contributed by atoms with Gasteiger partial charge in [-0.15, -0.1) is 0 Å². The SMILES string of the molecule is CC(=O)N1CCC(Nc2cccc(C(=O)NCC(O)CNC3Cc4ccccc4C3)n2)CC1. The fourth-order valence-electron chi connectivity index (χ4n) is 4.57. The Labute approximate surface area is 194 Å². The van der Waals surface area contributed by atoms with Crippen molar-refractivity contribution < 1.29 is 14.7 Å².